The summed E-state index contributed by atoms with van der Waals surface area (Å²) < 4.78 is 12.8. The molecule has 0 aromatic heterocycles. The lowest BCUT2D eigenvalue weighted by Crippen LogP contribution is -2.24. The van der Waals surface area contributed by atoms with Gasteiger partial charge in [0, 0.05) is 20.2 Å². The molecular weight excluding hydrogens is 490 g/mol. The number of halogens is 2. The van der Waals surface area contributed by atoms with Gasteiger partial charge in [0.05, 0.1) is 12.8 Å². The lowest BCUT2D eigenvalue weighted by Gasteiger charge is -2.12. The summed E-state index contributed by atoms with van der Waals surface area (Å²) in [7, 11) is 0. The minimum Gasteiger partial charge on any atom is -0.490 e. The van der Waals surface area contributed by atoms with Crippen molar-refractivity contribution in [2.75, 3.05) is 18.5 Å². The maximum Gasteiger partial charge on any atom is 0.339 e. The molecule has 0 aliphatic carbocycles. The van der Waals surface area contributed by atoms with Gasteiger partial charge >= 0.3 is 6.03 Å². The third kappa shape index (κ3) is 6.29. The van der Waals surface area contributed by atoms with Crippen LogP contribution in [0.1, 0.15) is 18.1 Å². The third-order valence-electron chi connectivity index (χ3n) is 3.46. The van der Waals surface area contributed by atoms with E-state index >= 15 is 0 Å². The zero-order valence-corrected chi connectivity index (χ0v) is 18.6. The Morgan fingerprint density at radius 1 is 1.21 bits per heavy atom. The normalized spacial score (nSPS) is 10.4. The maximum absolute atomic E-state index is 12.0. The van der Waals surface area contributed by atoms with Gasteiger partial charge in [-0.05, 0) is 65.7 Å². The molecule has 0 atom stereocenters. The molecule has 2 aromatic rings. The van der Waals surface area contributed by atoms with Crippen LogP contribution < -0.4 is 20.2 Å². The zero-order chi connectivity index (χ0) is 20.5. The predicted octanol–water partition coefficient (Wildman–Crippen LogP) is 5.09. The van der Waals surface area contributed by atoms with Crippen molar-refractivity contribution in [3.8, 4) is 23.8 Å². The van der Waals surface area contributed by atoms with Gasteiger partial charge in [-0.2, -0.15) is 5.10 Å². The average Bonchev–Trinajstić information content (AvgIpc) is 2.66. The summed E-state index contributed by atoms with van der Waals surface area (Å²) in [6.07, 6.45) is 6.74. The van der Waals surface area contributed by atoms with E-state index in [2.05, 4.69) is 53.6 Å². The molecule has 146 valence electrons. The molecule has 0 radical (unpaired) electrons. The average molecular weight is 509 g/mol. The van der Waals surface area contributed by atoms with E-state index in [1.807, 2.05) is 26.0 Å². The molecule has 0 aliphatic heterocycles. The van der Waals surface area contributed by atoms with Crippen molar-refractivity contribution < 1.29 is 14.3 Å². The van der Waals surface area contributed by atoms with Crippen LogP contribution in [0.3, 0.4) is 0 Å². The molecule has 0 heterocycles. The summed E-state index contributed by atoms with van der Waals surface area (Å²) in [6.45, 7) is 4.42. The lowest BCUT2D eigenvalue weighted by molar-refractivity contribution is 0.252. The fourth-order valence-electron chi connectivity index (χ4n) is 2.19. The second kappa shape index (κ2) is 10.7. The van der Waals surface area contributed by atoms with Gasteiger partial charge in [0.15, 0.2) is 11.5 Å². The molecule has 0 bridgehead atoms. The van der Waals surface area contributed by atoms with Crippen molar-refractivity contribution in [1.29, 1.82) is 0 Å². The number of hydrazone groups is 1. The van der Waals surface area contributed by atoms with Crippen molar-refractivity contribution in [2.24, 2.45) is 5.10 Å². The van der Waals surface area contributed by atoms with Gasteiger partial charge in [0.1, 0.15) is 6.61 Å². The van der Waals surface area contributed by atoms with Crippen LogP contribution in [0.15, 0.2) is 44.4 Å². The minimum absolute atomic E-state index is 0.136. The van der Waals surface area contributed by atoms with Crippen LogP contribution >= 0.6 is 31.9 Å². The first kappa shape index (κ1) is 21.8. The quantitative estimate of drug-likeness (QED) is 0.311. The number of carbonyl (C=O) groups is 1. The van der Waals surface area contributed by atoms with Gasteiger partial charge in [0.2, 0.25) is 0 Å². The molecule has 6 nitrogen and oxygen atoms in total. The highest BCUT2D eigenvalue weighted by atomic mass is 79.9. The number of carbonyl (C=O) groups excluding carboxylic acids is 1. The standard InChI is InChI=1S/C20H19Br2N3O3/c1-4-8-28-19-11-17(22)14(10-18(19)27-5-2)12-23-25-20(26)24-15-6-7-16(21)13(3)9-15/h1,6-7,9-12H,5,8H2,2-3H3,(H2,24,25,26)/b23-12+. The molecule has 8 heteroatoms. The largest absolute Gasteiger partial charge is 0.490 e. The number of urea groups is 1. The van der Waals surface area contributed by atoms with Gasteiger partial charge in [-0.3, -0.25) is 0 Å². The molecule has 28 heavy (non-hydrogen) atoms. The molecular formula is C20H19Br2N3O3. The molecule has 0 saturated heterocycles. The molecule has 0 saturated carbocycles. The van der Waals surface area contributed by atoms with Gasteiger partial charge in [-0.25, -0.2) is 10.2 Å². The van der Waals surface area contributed by atoms with E-state index in [1.54, 1.807) is 18.2 Å². The van der Waals surface area contributed by atoms with Crippen LogP contribution in [0.5, 0.6) is 11.5 Å². The van der Waals surface area contributed by atoms with Crippen LogP contribution in [0.4, 0.5) is 10.5 Å². The first-order chi connectivity index (χ1) is 13.4. The smallest absolute Gasteiger partial charge is 0.339 e. The van der Waals surface area contributed by atoms with E-state index in [0.29, 0.717) is 29.4 Å². The summed E-state index contributed by atoms with van der Waals surface area (Å²) in [6, 6.07) is 8.56. The van der Waals surface area contributed by atoms with E-state index in [1.165, 1.54) is 6.21 Å². The van der Waals surface area contributed by atoms with Crippen LogP contribution in [0, 0.1) is 19.3 Å². The Balaban J connectivity index is 2.06. The summed E-state index contributed by atoms with van der Waals surface area (Å²) >= 11 is 6.87. The van der Waals surface area contributed by atoms with Crippen molar-refractivity contribution in [2.45, 2.75) is 13.8 Å². The van der Waals surface area contributed by atoms with E-state index in [0.717, 1.165) is 14.5 Å². The SMILES string of the molecule is C#CCOc1cc(Br)c(/C=N/NC(=O)Nc2ccc(Br)c(C)c2)cc1OCC. The number of amides is 2. The predicted molar refractivity (Wildman–Crippen MR) is 118 cm³/mol. The van der Waals surface area contributed by atoms with Crippen LogP contribution in [-0.2, 0) is 0 Å². The Hall–Kier alpha value is -2.50. The first-order valence-electron chi connectivity index (χ1n) is 8.33. The van der Waals surface area contributed by atoms with Crippen LogP contribution in [0.25, 0.3) is 0 Å². The number of hydrogen-bond donors (Lipinski definition) is 2. The summed E-state index contributed by atoms with van der Waals surface area (Å²) in [5, 5.41) is 6.69. The highest BCUT2D eigenvalue weighted by Crippen LogP contribution is 2.33. The number of rotatable bonds is 7. The number of ether oxygens (including phenoxy) is 2. The Bertz CT molecular complexity index is 924. The number of hydrogen-bond acceptors (Lipinski definition) is 4. The number of nitrogens with zero attached hydrogens (tertiary/aromatic N) is 1. The van der Waals surface area contributed by atoms with E-state index in [9.17, 15) is 4.79 Å². The van der Waals surface area contributed by atoms with Crippen molar-refractivity contribution in [3.63, 3.8) is 0 Å². The van der Waals surface area contributed by atoms with Gasteiger partial charge in [-0.15, -0.1) is 6.42 Å². The molecule has 2 aromatic carbocycles. The fourth-order valence-corrected chi connectivity index (χ4v) is 2.86. The van der Waals surface area contributed by atoms with E-state index in [-0.39, 0.29) is 6.61 Å². The molecule has 2 amide bonds. The summed E-state index contributed by atoms with van der Waals surface area (Å²) in [4.78, 5) is 12.0. The van der Waals surface area contributed by atoms with Crippen molar-refractivity contribution in [1.82, 2.24) is 5.43 Å². The maximum atomic E-state index is 12.0. The third-order valence-corrected chi connectivity index (χ3v) is 5.04. The highest BCUT2D eigenvalue weighted by molar-refractivity contribution is 9.10. The number of nitrogens with one attached hydrogen (secondary N) is 2. The van der Waals surface area contributed by atoms with Crippen LogP contribution in [0.2, 0.25) is 0 Å². The molecule has 2 rings (SSSR count). The van der Waals surface area contributed by atoms with Crippen molar-refractivity contribution in [3.05, 3.63) is 50.4 Å². The summed E-state index contributed by atoms with van der Waals surface area (Å²) in [5.41, 5.74) is 4.82. The highest BCUT2D eigenvalue weighted by Gasteiger charge is 2.10. The molecule has 0 fully saturated rings. The Kier molecular flexibility index (Phi) is 8.36. The molecule has 0 spiro atoms. The van der Waals surface area contributed by atoms with Crippen LogP contribution in [-0.4, -0.2) is 25.5 Å². The van der Waals surface area contributed by atoms with Gasteiger partial charge < -0.3 is 14.8 Å². The Morgan fingerprint density at radius 3 is 2.64 bits per heavy atom. The van der Waals surface area contributed by atoms with Gasteiger partial charge in [0.25, 0.3) is 0 Å². The second-order valence-electron chi connectivity index (χ2n) is 5.53. The molecule has 0 unspecified atom stereocenters. The molecule has 0 aliphatic rings. The first-order valence-corrected chi connectivity index (χ1v) is 9.92. The topological polar surface area (TPSA) is 72.0 Å². The number of benzene rings is 2. The monoisotopic (exact) mass is 507 g/mol. The van der Waals surface area contributed by atoms with E-state index < -0.39 is 6.03 Å². The van der Waals surface area contributed by atoms with Crippen molar-refractivity contribution >= 4 is 49.8 Å². The Morgan fingerprint density at radius 2 is 1.96 bits per heavy atom. The van der Waals surface area contributed by atoms with Gasteiger partial charge in [-0.1, -0.05) is 21.9 Å². The zero-order valence-electron chi connectivity index (χ0n) is 15.4. The summed E-state index contributed by atoms with van der Waals surface area (Å²) in [5.74, 6) is 3.48. The fraction of sp³-hybridized carbons (Fsp3) is 0.200. The van der Waals surface area contributed by atoms with E-state index in [4.69, 9.17) is 15.9 Å². The molecule has 2 N–H and O–H groups in total. The number of aryl methyl sites for hydroxylation is 1. The minimum atomic E-state index is -0.451. The Labute approximate surface area is 180 Å². The number of terminal acetylenes is 1. The second-order valence-corrected chi connectivity index (χ2v) is 7.24. The lowest BCUT2D eigenvalue weighted by atomic mass is 10.2. The number of anilines is 1.